The van der Waals surface area contributed by atoms with Crippen molar-refractivity contribution in [1.29, 1.82) is 0 Å². The van der Waals surface area contributed by atoms with E-state index in [1.807, 2.05) is 0 Å². The Kier molecular flexibility index (Phi) is 6.66. The van der Waals surface area contributed by atoms with Crippen LogP contribution in [0.4, 0.5) is 0 Å². The number of benzene rings is 1. The van der Waals surface area contributed by atoms with Gasteiger partial charge in [-0.25, -0.2) is 4.79 Å². The fraction of sp³-hybridized carbons (Fsp3) is 0.556. The third kappa shape index (κ3) is 4.72. The molecule has 2 rings (SSSR count). The summed E-state index contributed by atoms with van der Waals surface area (Å²) in [6.45, 7) is 3.74. The highest BCUT2D eigenvalue weighted by Gasteiger charge is 2.26. The van der Waals surface area contributed by atoms with Gasteiger partial charge in [0.05, 0.1) is 17.1 Å². The summed E-state index contributed by atoms with van der Waals surface area (Å²) in [5.41, 5.74) is 0.369. The van der Waals surface area contributed by atoms with E-state index in [9.17, 15) is 9.59 Å². The maximum atomic E-state index is 12.3. The molecule has 3 atom stereocenters. The standard InChI is InChI=1S/C18H24BrNO4/c1-11-6-4-5-7-15(11)20-17(21)12(2)24-18(22)13-8-9-16(23-3)14(19)10-13/h8-12,15H,4-7H2,1-3H3,(H,20,21)/t11-,12-,15-/m1/s1. The number of rotatable bonds is 5. The second kappa shape index (κ2) is 8.51. The second-order valence-electron chi connectivity index (χ2n) is 6.27. The van der Waals surface area contributed by atoms with Crippen LogP contribution in [0.3, 0.4) is 0 Å². The van der Waals surface area contributed by atoms with Gasteiger partial charge in [-0.15, -0.1) is 0 Å². The SMILES string of the molecule is COc1ccc(C(=O)O[C@H](C)C(=O)N[C@@H]2CCCC[C@H]2C)cc1Br. The number of nitrogens with one attached hydrogen (secondary N) is 1. The van der Waals surface area contributed by atoms with Crippen molar-refractivity contribution >= 4 is 27.8 Å². The van der Waals surface area contributed by atoms with Crippen LogP contribution in [0.2, 0.25) is 0 Å². The van der Waals surface area contributed by atoms with E-state index < -0.39 is 12.1 Å². The van der Waals surface area contributed by atoms with Crippen LogP contribution < -0.4 is 10.1 Å². The molecular weight excluding hydrogens is 374 g/mol. The smallest absolute Gasteiger partial charge is 0.338 e. The Morgan fingerprint density at radius 2 is 2.00 bits per heavy atom. The van der Waals surface area contributed by atoms with Crippen molar-refractivity contribution in [2.45, 2.75) is 51.7 Å². The lowest BCUT2D eigenvalue weighted by Gasteiger charge is -2.30. The van der Waals surface area contributed by atoms with E-state index in [1.165, 1.54) is 6.42 Å². The van der Waals surface area contributed by atoms with Gasteiger partial charge in [-0.05, 0) is 59.8 Å². The Morgan fingerprint density at radius 1 is 1.29 bits per heavy atom. The molecule has 1 fully saturated rings. The Balaban J connectivity index is 1.92. The van der Waals surface area contributed by atoms with Crippen molar-refractivity contribution in [2.75, 3.05) is 7.11 Å². The van der Waals surface area contributed by atoms with Crippen molar-refractivity contribution < 1.29 is 19.1 Å². The maximum Gasteiger partial charge on any atom is 0.338 e. The molecule has 1 amide bonds. The van der Waals surface area contributed by atoms with Gasteiger partial charge in [0.15, 0.2) is 6.10 Å². The van der Waals surface area contributed by atoms with Gasteiger partial charge in [0.2, 0.25) is 0 Å². The quantitative estimate of drug-likeness (QED) is 0.769. The number of esters is 1. The number of carbonyl (C=O) groups excluding carboxylic acids is 2. The fourth-order valence-corrected chi connectivity index (χ4v) is 3.45. The zero-order chi connectivity index (χ0) is 17.7. The monoisotopic (exact) mass is 397 g/mol. The molecule has 1 saturated carbocycles. The molecule has 0 radical (unpaired) electrons. The van der Waals surface area contributed by atoms with Crippen LogP contribution in [0.25, 0.3) is 0 Å². The Hall–Kier alpha value is -1.56. The molecular formula is C18H24BrNO4. The second-order valence-corrected chi connectivity index (χ2v) is 7.13. The molecule has 1 aliphatic carbocycles. The lowest BCUT2D eigenvalue weighted by atomic mass is 9.86. The van der Waals surface area contributed by atoms with Gasteiger partial charge in [0.25, 0.3) is 5.91 Å². The van der Waals surface area contributed by atoms with Crippen molar-refractivity contribution in [3.8, 4) is 5.75 Å². The van der Waals surface area contributed by atoms with Crippen LogP contribution in [0.5, 0.6) is 5.75 Å². The van der Waals surface area contributed by atoms with Crippen LogP contribution in [-0.2, 0) is 9.53 Å². The average molecular weight is 398 g/mol. The molecule has 0 saturated heterocycles. The third-order valence-electron chi connectivity index (χ3n) is 4.48. The first-order valence-corrected chi connectivity index (χ1v) is 9.06. The highest BCUT2D eigenvalue weighted by atomic mass is 79.9. The van der Waals surface area contributed by atoms with E-state index >= 15 is 0 Å². The molecule has 0 aromatic heterocycles. The molecule has 1 aromatic rings. The number of carbonyl (C=O) groups is 2. The first-order chi connectivity index (χ1) is 11.4. The Bertz CT molecular complexity index is 605. The van der Waals surface area contributed by atoms with Crippen LogP contribution in [0.1, 0.15) is 49.9 Å². The summed E-state index contributed by atoms with van der Waals surface area (Å²) in [5, 5.41) is 3.01. The van der Waals surface area contributed by atoms with Gasteiger partial charge in [0, 0.05) is 6.04 Å². The van der Waals surface area contributed by atoms with Gasteiger partial charge >= 0.3 is 5.97 Å². The first-order valence-electron chi connectivity index (χ1n) is 8.27. The molecule has 0 aliphatic heterocycles. The highest BCUT2D eigenvalue weighted by molar-refractivity contribution is 9.10. The van der Waals surface area contributed by atoms with E-state index in [1.54, 1.807) is 32.2 Å². The molecule has 1 N–H and O–H groups in total. The molecule has 1 aromatic carbocycles. The maximum absolute atomic E-state index is 12.3. The van der Waals surface area contributed by atoms with E-state index in [-0.39, 0.29) is 11.9 Å². The minimum absolute atomic E-state index is 0.169. The third-order valence-corrected chi connectivity index (χ3v) is 5.10. The number of halogens is 1. The summed E-state index contributed by atoms with van der Waals surface area (Å²) in [4.78, 5) is 24.5. The average Bonchev–Trinajstić information content (AvgIpc) is 2.56. The van der Waals surface area contributed by atoms with E-state index in [2.05, 4.69) is 28.2 Å². The minimum Gasteiger partial charge on any atom is -0.496 e. The van der Waals surface area contributed by atoms with Crippen LogP contribution >= 0.6 is 15.9 Å². The Morgan fingerprint density at radius 3 is 2.62 bits per heavy atom. The normalized spacial score (nSPS) is 21.7. The predicted molar refractivity (Wildman–Crippen MR) is 95.1 cm³/mol. The zero-order valence-corrected chi connectivity index (χ0v) is 15.9. The van der Waals surface area contributed by atoms with Crippen LogP contribution in [-0.4, -0.2) is 31.1 Å². The van der Waals surface area contributed by atoms with Crippen molar-refractivity contribution in [3.05, 3.63) is 28.2 Å². The fourth-order valence-electron chi connectivity index (χ4n) is 2.91. The first kappa shape index (κ1) is 18.8. The molecule has 0 bridgehead atoms. The summed E-state index contributed by atoms with van der Waals surface area (Å²) >= 11 is 3.33. The molecule has 0 spiro atoms. The lowest BCUT2D eigenvalue weighted by molar-refractivity contribution is -0.130. The molecule has 1 aliphatic rings. The molecule has 6 heteroatoms. The van der Waals surface area contributed by atoms with Crippen LogP contribution in [0.15, 0.2) is 22.7 Å². The Labute approximate surface area is 151 Å². The van der Waals surface area contributed by atoms with E-state index in [0.29, 0.717) is 21.7 Å². The number of methoxy groups -OCH3 is 1. The van der Waals surface area contributed by atoms with Crippen molar-refractivity contribution in [1.82, 2.24) is 5.32 Å². The lowest BCUT2D eigenvalue weighted by Crippen LogP contribution is -2.45. The molecule has 5 nitrogen and oxygen atoms in total. The zero-order valence-electron chi connectivity index (χ0n) is 14.3. The molecule has 24 heavy (non-hydrogen) atoms. The molecule has 0 unspecified atom stereocenters. The van der Waals surface area contributed by atoms with E-state index in [4.69, 9.17) is 9.47 Å². The van der Waals surface area contributed by atoms with Gasteiger partial charge in [-0.3, -0.25) is 4.79 Å². The van der Waals surface area contributed by atoms with Gasteiger partial charge in [-0.2, -0.15) is 0 Å². The van der Waals surface area contributed by atoms with Crippen molar-refractivity contribution in [2.24, 2.45) is 5.92 Å². The van der Waals surface area contributed by atoms with Crippen molar-refractivity contribution in [3.63, 3.8) is 0 Å². The topological polar surface area (TPSA) is 64.6 Å². The minimum atomic E-state index is -0.826. The summed E-state index contributed by atoms with van der Waals surface area (Å²) in [7, 11) is 1.55. The summed E-state index contributed by atoms with van der Waals surface area (Å²) < 4.78 is 11.1. The number of hydrogen-bond acceptors (Lipinski definition) is 4. The van der Waals surface area contributed by atoms with Gasteiger partial charge in [0.1, 0.15) is 5.75 Å². The van der Waals surface area contributed by atoms with Gasteiger partial charge in [-0.1, -0.05) is 19.8 Å². The summed E-state index contributed by atoms with van der Waals surface area (Å²) in [6.07, 6.45) is 3.62. The van der Waals surface area contributed by atoms with Gasteiger partial charge < -0.3 is 14.8 Å². The molecule has 0 heterocycles. The summed E-state index contributed by atoms with van der Waals surface area (Å²) in [6, 6.07) is 5.08. The number of ether oxygens (including phenoxy) is 2. The number of amides is 1. The molecule has 132 valence electrons. The highest BCUT2D eigenvalue weighted by Crippen LogP contribution is 2.26. The number of hydrogen-bond donors (Lipinski definition) is 1. The predicted octanol–water partition coefficient (Wildman–Crippen LogP) is 3.70. The van der Waals surface area contributed by atoms with Crippen LogP contribution in [0, 0.1) is 5.92 Å². The van der Waals surface area contributed by atoms with E-state index in [0.717, 1.165) is 19.3 Å². The summed E-state index contributed by atoms with van der Waals surface area (Å²) in [5.74, 6) is 0.319. The largest absolute Gasteiger partial charge is 0.496 e.